The lowest BCUT2D eigenvalue weighted by Gasteiger charge is -2.24. The molecule has 3 rings (SSSR count). The van der Waals surface area contributed by atoms with Crippen LogP contribution >= 0.6 is 15.9 Å². The fraction of sp³-hybridized carbons (Fsp3) is 0.125. The summed E-state index contributed by atoms with van der Waals surface area (Å²) < 4.78 is 11.8. The third-order valence-electron chi connectivity index (χ3n) is 3.16. The Kier molecular flexibility index (Phi) is 4.47. The molecule has 0 aliphatic carbocycles. The Balaban J connectivity index is 1.62. The van der Waals surface area contributed by atoms with E-state index in [1.165, 1.54) is 12.3 Å². The fourth-order valence-electron chi connectivity index (χ4n) is 2.02. The predicted molar refractivity (Wildman–Crippen MR) is 87.9 cm³/mol. The van der Waals surface area contributed by atoms with Crippen molar-refractivity contribution in [3.63, 3.8) is 0 Å². The number of hydrogen-bond donors (Lipinski definition) is 2. The third-order valence-corrected chi connectivity index (χ3v) is 3.88. The summed E-state index contributed by atoms with van der Waals surface area (Å²) in [6.45, 7) is 0.119. The largest absolute Gasteiger partial charge is 0.508 e. The molecule has 0 saturated heterocycles. The van der Waals surface area contributed by atoms with E-state index in [9.17, 15) is 9.90 Å². The highest BCUT2D eigenvalue weighted by molar-refractivity contribution is 9.10. The summed E-state index contributed by atoms with van der Waals surface area (Å²) in [7, 11) is 0. The number of carbonyl (C=O) groups excluding carboxylic acids is 1. The number of nitrogens with zero attached hydrogens (tertiary/aromatic N) is 1. The molecule has 118 valence electrons. The van der Waals surface area contributed by atoms with Crippen LogP contribution in [-0.4, -0.2) is 29.9 Å². The molecule has 0 unspecified atom stereocenters. The maximum Gasteiger partial charge on any atom is 0.284 e. The van der Waals surface area contributed by atoms with Gasteiger partial charge in [0, 0.05) is 10.0 Å². The lowest BCUT2D eigenvalue weighted by molar-refractivity contribution is -0.130. The van der Waals surface area contributed by atoms with Gasteiger partial charge in [-0.1, -0.05) is 28.1 Å². The number of halogens is 1. The summed E-state index contributed by atoms with van der Waals surface area (Å²) in [6, 6.07) is 11.9. The van der Waals surface area contributed by atoms with Crippen molar-refractivity contribution in [1.29, 1.82) is 0 Å². The number of phenols is 1. The molecular weight excluding hydrogens is 364 g/mol. The Morgan fingerprint density at radius 2 is 2.09 bits per heavy atom. The normalized spacial score (nSPS) is 16.3. The molecule has 1 aliphatic heterocycles. The Bertz CT molecular complexity index is 763. The summed E-state index contributed by atoms with van der Waals surface area (Å²) in [6.07, 6.45) is 0.661. The van der Waals surface area contributed by atoms with Crippen molar-refractivity contribution < 1.29 is 19.4 Å². The smallest absolute Gasteiger partial charge is 0.284 e. The summed E-state index contributed by atoms with van der Waals surface area (Å²) in [4.78, 5) is 12.1. The number of ether oxygens (including phenoxy) is 2. The van der Waals surface area contributed by atoms with Crippen molar-refractivity contribution in [1.82, 2.24) is 5.43 Å². The standard InChI is InChI=1S/C16H13BrN2O4/c17-12-6-5-11(20)7-10(12)8-18-19-16(21)15-9-22-13-3-1-2-4-14(13)23-15/h1-8,15,20H,9H2,(H,19,21)/b18-8-/t15-/m1/s1. The van der Waals surface area contributed by atoms with E-state index in [2.05, 4.69) is 26.5 Å². The molecule has 1 aliphatic rings. The number of rotatable bonds is 3. The van der Waals surface area contributed by atoms with Crippen LogP contribution < -0.4 is 14.9 Å². The summed E-state index contributed by atoms with van der Waals surface area (Å²) in [5, 5.41) is 13.3. The van der Waals surface area contributed by atoms with Gasteiger partial charge in [0.25, 0.3) is 5.91 Å². The maximum absolute atomic E-state index is 12.1. The van der Waals surface area contributed by atoms with Gasteiger partial charge in [0.15, 0.2) is 11.5 Å². The maximum atomic E-state index is 12.1. The number of nitrogens with one attached hydrogen (secondary N) is 1. The first kappa shape index (κ1) is 15.4. The van der Waals surface area contributed by atoms with E-state index in [-0.39, 0.29) is 12.4 Å². The van der Waals surface area contributed by atoms with E-state index in [1.807, 2.05) is 6.07 Å². The average molecular weight is 377 g/mol. The van der Waals surface area contributed by atoms with Gasteiger partial charge < -0.3 is 14.6 Å². The van der Waals surface area contributed by atoms with E-state index in [4.69, 9.17) is 9.47 Å². The molecule has 7 heteroatoms. The molecule has 2 N–H and O–H groups in total. The van der Waals surface area contributed by atoms with Crippen LogP contribution in [0.4, 0.5) is 0 Å². The Labute approximate surface area is 140 Å². The van der Waals surface area contributed by atoms with Crippen LogP contribution in [0.5, 0.6) is 17.2 Å². The summed E-state index contributed by atoms with van der Waals surface area (Å²) in [5.74, 6) is 0.843. The first-order valence-corrected chi connectivity index (χ1v) is 7.63. The molecule has 6 nitrogen and oxygen atoms in total. The van der Waals surface area contributed by atoms with Crippen LogP contribution in [0.25, 0.3) is 0 Å². The molecule has 0 radical (unpaired) electrons. The van der Waals surface area contributed by atoms with Crippen LogP contribution in [0.15, 0.2) is 52.0 Å². The zero-order valence-electron chi connectivity index (χ0n) is 11.9. The summed E-state index contributed by atoms with van der Waals surface area (Å²) in [5.41, 5.74) is 3.04. The molecule has 2 aromatic carbocycles. The van der Waals surface area contributed by atoms with E-state index in [1.54, 1.807) is 30.3 Å². The van der Waals surface area contributed by atoms with Gasteiger partial charge in [-0.25, -0.2) is 5.43 Å². The van der Waals surface area contributed by atoms with Gasteiger partial charge in [-0.15, -0.1) is 0 Å². The minimum atomic E-state index is -0.769. The number of hydrogen-bond acceptors (Lipinski definition) is 5. The number of para-hydroxylation sites is 2. The summed E-state index contributed by atoms with van der Waals surface area (Å²) >= 11 is 3.33. The minimum Gasteiger partial charge on any atom is -0.508 e. The third kappa shape index (κ3) is 3.62. The molecule has 0 spiro atoms. The molecule has 0 bridgehead atoms. The van der Waals surface area contributed by atoms with E-state index < -0.39 is 12.0 Å². The average Bonchev–Trinajstić information content (AvgIpc) is 2.57. The number of fused-ring (bicyclic) bond motifs is 1. The molecule has 1 heterocycles. The van der Waals surface area contributed by atoms with Crippen LogP contribution in [0, 0.1) is 0 Å². The van der Waals surface area contributed by atoms with E-state index in [0.29, 0.717) is 17.1 Å². The molecule has 0 aromatic heterocycles. The number of amides is 1. The van der Waals surface area contributed by atoms with Gasteiger partial charge in [-0.2, -0.15) is 5.10 Å². The predicted octanol–water partition coefficient (Wildman–Crippen LogP) is 2.44. The van der Waals surface area contributed by atoms with Crippen LogP contribution in [-0.2, 0) is 4.79 Å². The molecule has 1 atom stereocenters. The molecule has 2 aromatic rings. The minimum absolute atomic E-state index is 0.113. The number of phenolic OH excluding ortho intramolecular Hbond substituents is 1. The Morgan fingerprint density at radius 1 is 1.30 bits per heavy atom. The highest BCUT2D eigenvalue weighted by atomic mass is 79.9. The van der Waals surface area contributed by atoms with Crippen molar-refractivity contribution in [3.05, 3.63) is 52.5 Å². The van der Waals surface area contributed by atoms with E-state index >= 15 is 0 Å². The van der Waals surface area contributed by atoms with Gasteiger partial charge in [-0.05, 0) is 30.3 Å². The van der Waals surface area contributed by atoms with Crippen molar-refractivity contribution in [2.24, 2.45) is 5.10 Å². The van der Waals surface area contributed by atoms with Gasteiger partial charge in [0.05, 0.1) is 6.21 Å². The second-order valence-electron chi connectivity index (χ2n) is 4.80. The van der Waals surface area contributed by atoms with Crippen LogP contribution in [0.2, 0.25) is 0 Å². The zero-order chi connectivity index (χ0) is 16.2. The number of aromatic hydroxyl groups is 1. The highest BCUT2D eigenvalue weighted by Crippen LogP contribution is 2.30. The second-order valence-corrected chi connectivity index (χ2v) is 5.66. The monoisotopic (exact) mass is 376 g/mol. The van der Waals surface area contributed by atoms with Crippen molar-refractivity contribution in [2.45, 2.75) is 6.10 Å². The van der Waals surface area contributed by atoms with Crippen molar-refractivity contribution >= 4 is 28.1 Å². The highest BCUT2D eigenvalue weighted by Gasteiger charge is 2.26. The van der Waals surface area contributed by atoms with Crippen LogP contribution in [0.1, 0.15) is 5.56 Å². The quantitative estimate of drug-likeness (QED) is 0.636. The van der Waals surface area contributed by atoms with Gasteiger partial charge in [0.1, 0.15) is 12.4 Å². The fourth-order valence-corrected chi connectivity index (χ4v) is 2.37. The first-order chi connectivity index (χ1) is 11.1. The van der Waals surface area contributed by atoms with Crippen LogP contribution in [0.3, 0.4) is 0 Å². The Morgan fingerprint density at radius 3 is 2.91 bits per heavy atom. The van der Waals surface area contributed by atoms with Crippen molar-refractivity contribution in [3.8, 4) is 17.2 Å². The van der Waals surface area contributed by atoms with Gasteiger partial charge in [-0.3, -0.25) is 4.79 Å². The second kappa shape index (κ2) is 6.70. The van der Waals surface area contributed by atoms with Gasteiger partial charge in [0.2, 0.25) is 6.10 Å². The topological polar surface area (TPSA) is 80.2 Å². The van der Waals surface area contributed by atoms with Crippen molar-refractivity contribution in [2.75, 3.05) is 6.61 Å². The molecule has 0 fully saturated rings. The zero-order valence-corrected chi connectivity index (χ0v) is 13.5. The van der Waals surface area contributed by atoms with Gasteiger partial charge >= 0.3 is 0 Å². The molecule has 23 heavy (non-hydrogen) atoms. The number of hydrazone groups is 1. The molecule has 0 saturated carbocycles. The van der Waals surface area contributed by atoms with E-state index in [0.717, 1.165) is 4.47 Å². The lowest BCUT2D eigenvalue weighted by atomic mass is 10.2. The Hall–Kier alpha value is -2.54. The number of benzene rings is 2. The molecular formula is C16H13BrN2O4. The molecule has 1 amide bonds. The SMILES string of the molecule is O=C(N/N=C\c1cc(O)ccc1Br)[C@H]1COc2ccccc2O1. The lowest BCUT2D eigenvalue weighted by Crippen LogP contribution is -2.42. The first-order valence-electron chi connectivity index (χ1n) is 6.83. The number of carbonyl (C=O) groups is 1.